The van der Waals surface area contributed by atoms with Gasteiger partial charge in [-0.05, 0) is 38.6 Å². The first-order valence-corrected chi connectivity index (χ1v) is 4.48. The maximum Gasteiger partial charge on any atom is 0.0289 e. The molecule has 1 nitrogen and oxygen atoms in total. The molecule has 0 saturated heterocycles. The van der Waals surface area contributed by atoms with Gasteiger partial charge in [0.15, 0.2) is 0 Å². The summed E-state index contributed by atoms with van der Waals surface area (Å²) < 4.78 is 0. The highest BCUT2D eigenvalue weighted by Gasteiger charge is 2.00. The zero-order chi connectivity index (χ0) is 9.68. The maximum atomic E-state index is 3.20. The van der Waals surface area contributed by atoms with E-state index in [0.717, 1.165) is 5.56 Å². The summed E-state index contributed by atoms with van der Waals surface area (Å²) >= 11 is 0. The number of hydrogen-bond donors (Lipinski definition) is 1. The van der Waals surface area contributed by atoms with Crippen LogP contribution < -0.4 is 5.32 Å². The van der Waals surface area contributed by atoms with Crippen LogP contribution in [0, 0.1) is 11.8 Å². The lowest BCUT2D eigenvalue weighted by molar-refractivity contribution is 0.652. The fraction of sp³-hybridized carbons (Fsp3) is 0.333. The highest BCUT2D eigenvalue weighted by atomic mass is 14.8. The van der Waals surface area contributed by atoms with Crippen molar-refractivity contribution >= 4 is 0 Å². The summed E-state index contributed by atoms with van der Waals surface area (Å²) in [6.07, 6.45) is 0. The Balaban J connectivity index is 2.85. The van der Waals surface area contributed by atoms with Crippen LogP contribution in [0.25, 0.3) is 0 Å². The lowest BCUT2D eigenvalue weighted by Crippen LogP contribution is -2.11. The van der Waals surface area contributed by atoms with E-state index in [1.165, 1.54) is 5.56 Å². The van der Waals surface area contributed by atoms with Gasteiger partial charge in [0.2, 0.25) is 0 Å². The van der Waals surface area contributed by atoms with E-state index in [0.29, 0.717) is 6.04 Å². The summed E-state index contributed by atoms with van der Waals surface area (Å²) in [6, 6.07) is 8.74. The molecule has 0 radical (unpaired) electrons. The Hall–Kier alpha value is -1.26. The van der Waals surface area contributed by atoms with Crippen LogP contribution in [0.1, 0.15) is 31.0 Å². The molecule has 0 aromatic heterocycles. The van der Waals surface area contributed by atoms with E-state index in [9.17, 15) is 0 Å². The summed E-state index contributed by atoms with van der Waals surface area (Å²) in [6.45, 7) is 3.99. The third-order valence-corrected chi connectivity index (χ3v) is 2.11. The number of rotatable bonds is 2. The van der Waals surface area contributed by atoms with Crippen LogP contribution in [0.2, 0.25) is 0 Å². The van der Waals surface area contributed by atoms with E-state index in [2.05, 4.69) is 48.3 Å². The van der Waals surface area contributed by atoms with Crippen molar-refractivity contribution in [3.63, 3.8) is 0 Å². The summed E-state index contributed by atoms with van der Waals surface area (Å²) in [5.74, 6) is 5.90. The third kappa shape index (κ3) is 2.61. The monoisotopic (exact) mass is 173 g/mol. The Morgan fingerprint density at radius 1 is 1.23 bits per heavy atom. The van der Waals surface area contributed by atoms with E-state index in [1.807, 2.05) is 14.0 Å². The molecule has 1 N–H and O–H groups in total. The minimum atomic E-state index is 0.406. The van der Waals surface area contributed by atoms with Crippen molar-refractivity contribution in [2.45, 2.75) is 19.9 Å². The quantitative estimate of drug-likeness (QED) is 0.677. The Labute approximate surface area is 80.2 Å². The first-order chi connectivity index (χ1) is 6.27. The van der Waals surface area contributed by atoms with E-state index >= 15 is 0 Å². The van der Waals surface area contributed by atoms with Gasteiger partial charge < -0.3 is 5.32 Å². The molecule has 0 amide bonds. The van der Waals surface area contributed by atoms with Gasteiger partial charge in [0, 0.05) is 11.6 Å². The van der Waals surface area contributed by atoms with Gasteiger partial charge in [-0.1, -0.05) is 18.1 Å². The van der Waals surface area contributed by atoms with Crippen molar-refractivity contribution in [2.75, 3.05) is 7.05 Å². The minimum absolute atomic E-state index is 0.406. The zero-order valence-electron chi connectivity index (χ0n) is 8.39. The first kappa shape index (κ1) is 9.83. The molecule has 1 aromatic carbocycles. The molecular formula is C12H15N. The topological polar surface area (TPSA) is 12.0 Å². The lowest BCUT2D eigenvalue weighted by atomic mass is 10.1. The molecule has 1 unspecified atom stereocenters. The Morgan fingerprint density at radius 3 is 2.31 bits per heavy atom. The molecular weight excluding hydrogens is 158 g/mol. The molecule has 68 valence electrons. The van der Waals surface area contributed by atoms with Gasteiger partial charge in [-0.2, -0.15) is 0 Å². The van der Waals surface area contributed by atoms with Gasteiger partial charge in [0.1, 0.15) is 0 Å². The second kappa shape index (κ2) is 4.69. The fourth-order valence-electron chi connectivity index (χ4n) is 1.17. The Kier molecular flexibility index (Phi) is 3.54. The van der Waals surface area contributed by atoms with Crippen LogP contribution >= 0.6 is 0 Å². The summed E-state index contributed by atoms with van der Waals surface area (Å²) in [7, 11) is 1.96. The Bertz CT molecular complexity index is 313. The molecule has 0 aliphatic heterocycles. The van der Waals surface area contributed by atoms with E-state index in [1.54, 1.807) is 0 Å². The van der Waals surface area contributed by atoms with Crippen molar-refractivity contribution in [3.05, 3.63) is 35.4 Å². The van der Waals surface area contributed by atoms with Crippen molar-refractivity contribution in [3.8, 4) is 11.8 Å². The predicted molar refractivity (Wildman–Crippen MR) is 56.5 cm³/mol. The van der Waals surface area contributed by atoms with Crippen molar-refractivity contribution < 1.29 is 0 Å². The van der Waals surface area contributed by atoms with E-state index in [4.69, 9.17) is 0 Å². The number of hydrogen-bond acceptors (Lipinski definition) is 1. The molecule has 0 saturated carbocycles. The molecule has 0 spiro atoms. The highest BCUT2D eigenvalue weighted by Crippen LogP contribution is 2.11. The summed E-state index contributed by atoms with van der Waals surface area (Å²) in [4.78, 5) is 0. The average molecular weight is 173 g/mol. The van der Waals surface area contributed by atoms with Gasteiger partial charge in [0.05, 0.1) is 0 Å². The molecule has 1 atom stereocenters. The number of benzene rings is 1. The normalized spacial score (nSPS) is 11.6. The smallest absolute Gasteiger partial charge is 0.0289 e. The van der Waals surface area contributed by atoms with Crippen molar-refractivity contribution in [1.82, 2.24) is 5.32 Å². The first-order valence-electron chi connectivity index (χ1n) is 4.48. The van der Waals surface area contributed by atoms with E-state index < -0.39 is 0 Å². The SMILES string of the molecule is CC#Cc1ccc(C(C)NC)cc1. The van der Waals surface area contributed by atoms with Gasteiger partial charge >= 0.3 is 0 Å². The van der Waals surface area contributed by atoms with Gasteiger partial charge in [-0.15, -0.1) is 5.92 Å². The molecule has 1 aromatic rings. The minimum Gasteiger partial charge on any atom is -0.313 e. The molecule has 0 aliphatic rings. The molecule has 1 heteroatoms. The standard InChI is InChI=1S/C12H15N/c1-4-5-11-6-8-12(9-7-11)10(2)13-3/h6-10,13H,1-3H3. The van der Waals surface area contributed by atoms with Gasteiger partial charge in [-0.25, -0.2) is 0 Å². The number of nitrogens with one attached hydrogen (secondary N) is 1. The second-order valence-electron chi connectivity index (χ2n) is 3.01. The van der Waals surface area contributed by atoms with Crippen LogP contribution in [-0.4, -0.2) is 7.05 Å². The van der Waals surface area contributed by atoms with Gasteiger partial charge in [-0.3, -0.25) is 0 Å². The molecule has 13 heavy (non-hydrogen) atoms. The zero-order valence-corrected chi connectivity index (χ0v) is 8.39. The van der Waals surface area contributed by atoms with Crippen LogP contribution in [0.4, 0.5) is 0 Å². The van der Waals surface area contributed by atoms with Crippen molar-refractivity contribution in [1.29, 1.82) is 0 Å². The van der Waals surface area contributed by atoms with E-state index in [-0.39, 0.29) is 0 Å². The van der Waals surface area contributed by atoms with Gasteiger partial charge in [0.25, 0.3) is 0 Å². The summed E-state index contributed by atoms with van der Waals surface area (Å²) in [5, 5.41) is 3.20. The Morgan fingerprint density at radius 2 is 1.85 bits per heavy atom. The third-order valence-electron chi connectivity index (χ3n) is 2.11. The summed E-state index contributed by atoms with van der Waals surface area (Å²) in [5.41, 5.74) is 2.37. The maximum absolute atomic E-state index is 3.20. The van der Waals surface area contributed by atoms with Crippen LogP contribution in [0.5, 0.6) is 0 Å². The average Bonchev–Trinajstić information content (AvgIpc) is 2.18. The molecule has 0 heterocycles. The second-order valence-corrected chi connectivity index (χ2v) is 3.01. The van der Waals surface area contributed by atoms with Crippen LogP contribution in [0.3, 0.4) is 0 Å². The largest absolute Gasteiger partial charge is 0.313 e. The van der Waals surface area contributed by atoms with Crippen LogP contribution in [0.15, 0.2) is 24.3 Å². The predicted octanol–water partition coefficient (Wildman–Crippen LogP) is 2.34. The molecule has 1 rings (SSSR count). The highest BCUT2D eigenvalue weighted by molar-refractivity contribution is 5.36. The van der Waals surface area contributed by atoms with Crippen molar-refractivity contribution in [2.24, 2.45) is 0 Å². The lowest BCUT2D eigenvalue weighted by Gasteiger charge is -2.09. The molecule has 0 bridgehead atoms. The molecule has 0 aliphatic carbocycles. The van der Waals surface area contributed by atoms with Crippen LogP contribution in [-0.2, 0) is 0 Å². The molecule has 0 fully saturated rings. The fourth-order valence-corrected chi connectivity index (χ4v) is 1.17.